The van der Waals surface area contributed by atoms with Gasteiger partial charge in [-0.05, 0) is 36.6 Å². The van der Waals surface area contributed by atoms with Crippen LogP contribution in [0.4, 0.5) is 5.82 Å². The molecule has 0 unspecified atom stereocenters. The van der Waals surface area contributed by atoms with E-state index in [-0.39, 0.29) is 5.91 Å². The first kappa shape index (κ1) is 12.9. The summed E-state index contributed by atoms with van der Waals surface area (Å²) in [5.41, 5.74) is 4.15. The van der Waals surface area contributed by atoms with E-state index in [0.717, 1.165) is 42.6 Å². The molecule has 1 aliphatic heterocycles. The zero-order valence-corrected chi connectivity index (χ0v) is 11.5. The smallest absolute Gasteiger partial charge is 0.257 e. The Morgan fingerprint density at radius 2 is 2.35 bits per heavy atom. The normalized spacial score (nSPS) is 13.8. The molecule has 0 spiro atoms. The molecule has 1 aromatic carbocycles. The van der Waals surface area contributed by atoms with Crippen LogP contribution in [-0.4, -0.2) is 22.6 Å². The predicted molar refractivity (Wildman–Crippen MR) is 77.8 cm³/mol. The van der Waals surface area contributed by atoms with Crippen LogP contribution < -0.4 is 10.6 Å². The van der Waals surface area contributed by atoms with Gasteiger partial charge in [-0.25, -0.2) is 0 Å². The van der Waals surface area contributed by atoms with Crippen molar-refractivity contribution >= 4 is 11.7 Å². The molecule has 5 nitrogen and oxygen atoms in total. The molecule has 1 amide bonds. The second kappa shape index (κ2) is 5.46. The maximum absolute atomic E-state index is 12.5. The highest BCUT2D eigenvalue weighted by molar-refractivity contribution is 6.05. The molecule has 0 saturated carbocycles. The first-order valence-corrected chi connectivity index (χ1v) is 6.94. The Kier molecular flexibility index (Phi) is 3.52. The first-order valence-electron chi connectivity index (χ1n) is 6.94. The lowest BCUT2D eigenvalue weighted by Gasteiger charge is -2.19. The molecule has 2 aromatic rings. The van der Waals surface area contributed by atoms with Crippen LogP contribution in [-0.2, 0) is 19.4 Å². The van der Waals surface area contributed by atoms with E-state index in [2.05, 4.69) is 26.9 Å². The summed E-state index contributed by atoms with van der Waals surface area (Å²) in [6, 6.07) is 5.90. The van der Waals surface area contributed by atoms with Gasteiger partial charge in [-0.15, -0.1) is 0 Å². The summed E-state index contributed by atoms with van der Waals surface area (Å²) in [5.74, 6) is 0.631. The van der Waals surface area contributed by atoms with Gasteiger partial charge in [0.05, 0.1) is 6.20 Å². The third-order valence-electron chi connectivity index (χ3n) is 3.72. The number of anilines is 1. The number of amides is 1. The number of aromatic nitrogens is 2. The van der Waals surface area contributed by atoms with Crippen molar-refractivity contribution in [2.24, 2.45) is 0 Å². The predicted octanol–water partition coefficient (Wildman–Crippen LogP) is 1.87. The molecule has 20 heavy (non-hydrogen) atoms. The summed E-state index contributed by atoms with van der Waals surface area (Å²) < 4.78 is 0. The molecular weight excluding hydrogens is 252 g/mol. The molecular formula is C15H18N4O. The molecule has 0 saturated heterocycles. The van der Waals surface area contributed by atoms with Crippen molar-refractivity contribution in [3.8, 4) is 0 Å². The first-order chi connectivity index (χ1) is 9.79. The van der Waals surface area contributed by atoms with Gasteiger partial charge in [-0.1, -0.05) is 19.1 Å². The molecule has 2 heterocycles. The number of nitrogens with zero attached hydrogens (tertiary/aromatic N) is 1. The number of carbonyl (C=O) groups excluding carboxylic acids is 1. The quantitative estimate of drug-likeness (QED) is 0.797. The van der Waals surface area contributed by atoms with Gasteiger partial charge in [0.15, 0.2) is 0 Å². The minimum atomic E-state index is -0.0669. The van der Waals surface area contributed by atoms with E-state index in [0.29, 0.717) is 5.82 Å². The molecule has 104 valence electrons. The summed E-state index contributed by atoms with van der Waals surface area (Å²) in [5, 5.41) is 13.1. The van der Waals surface area contributed by atoms with Gasteiger partial charge in [-0.2, -0.15) is 5.10 Å². The minimum absolute atomic E-state index is 0.0669. The van der Waals surface area contributed by atoms with Crippen LogP contribution in [0.3, 0.4) is 0 Å². The van der Waals surface area contributed by atoms with Gasteiger partial charge in [-0.3, -0.25) is 9.89 Å². The zero-order valence-electron chi connectivity index (χ0n) is 11.5. The molecule has 0 radical (unpaired) electrons. The van der Waals surface area contributed by atoms with Crippen molar-refractivity contribution in [2.75, 3.05) is 11.9 Å². The minimum Gasteiger partial charge on any atom is -0.312 e. The van der Waals surface area contributed by atoms with Gasteiger partial charge in [0, 0.05) is 17.7 Å². The number of carbonyl (C=O) groups is 1. The molecule has 0 bridgehead atoms. The van der Waals surface area contributed by atoms with Gasteiger partial charge >= 0.3 is 0 Å². The number of aryl methyl sites for hydroxylation is 1. The highest BCUT2D eigenvalue weighted by Gasteiger charge is 2.18. The summed E-state index contributed by atoms with van der Waals surface area (Å²) in [7, 11) is 0. The number of aromatic amines is 1. The lowest BCUT2D eigenvalue weighted by atomic mass is 9.95. The largest absolute Gasteiger partial charge is 0.312 e. The number of benzene rings is 1. The fourth-order valence-electron chi connectivity index (χ4n) is 2.61. The van der Waals surface area contributed by atoms with Crippen molar-refractivity contribution in [3.63, 3.8) is 0 Å². The number of fused-ring (bicyclic) bond motifs is 1. The molecule has 0 fully saturated rings. The number of H-pyrrole nitrogens is 1. The standard InChI is InChI=1S/C15H18N4O/c1-2-10-9-17-19-14(10)18-15(20)13-5-3-4-11-8-16-7-6-12(11)13/h3-5,9,16H,2,6-8H2,1H3,(H2,17,18,19,20). The van der Waals surface area contributed by atoms with Crippen molar-refractivity contribution in [2.45, 2.75) is 26.3 Å². The van der Waals surface area contributed by atoms with Gasteiger partial charge in [0.1, 0.15) is 5.82 Å². The third kappa shape index (κ3) is 2.32. The summed E-state index contributed by atoms with van der Waals surface area (Å²) in [6.07, 6.45) is 3.48. The van der Waals surface area contributed by atoms with Crippen molar-refractivity contribution < 1.29 is 4.79 Å². The van der Waals surface area contributed by atoms with Crippen LogP contribution in [0, 0.1) is 0 Å². The van der Waals surface area contributed by atoms with E-state index in [9.17, 15) is 4.79 Å². The van der Waals surface area contributed by atoms with Crippen LogP contribution >= 0.6 is 0 Å². The Labute approximate surface area is 117 Å². The molecule has 1 aromatic heterocycles. The molecule has 5 heteroatoms. The Bertz CT molecular complexity index is 633. The van der Waals surface area contributed by atoms with Crippen LogP contribution in [0.25, 0.3) is 0 Å². The molecule has 3 rings (SSSR count). The Hall–Kier alpha value is -2.14. The van der Waals surface area contributed by atoms with Crippen LogP contribution in [0.2, 0.25) is 0 Å². The highest BCUT2D eigenvalue weighted by atomic mass is 16.1. The van der Waals surface area contributed by atoms with Gasteiger partial charge in [0.2, 0.25) is 0 Å². The zero-order chi connectivity index (χ0) is 13.9. The van der Waals surface area contributed by atoms with Crippen molar-refractivity contribution in [1.82, 2.24) is 15.5 Å². The second-order valence-electron chi connectivity index (χ2n) is 4.95. The fourth-order valence-corrected chi connectivity index (χ4v) is 2.61. The Morgan fingerprint density at radius 1 is 1.45 bits per heavy atom. The Morgan fingerprint density at radius 3 is 3.20 bits per heavy atom. The average Bonchev–Trinajstić information content (AvgIpc) is 2.93. The average molecular weight is 270 g/mol. The van der Waals surface area contributed by atoms with E-state index in [1.165, 1.54) is 5.56 Å². The number of nitrogens with one attached hydrogen (secondary N) is 3. The van der Waals surface area contributed by atoms with E-state index in [1.54, 1.807) is 6.20 Å². The topological polar surface area (TPSA) is 69.8 Å². The summed E-state index contributed by atoms with van der Waals surface area (Å²) in [6.45, 7) is 3.79. The van der Waals surface area contributed by atoms with E-state index in [1.807, 2.05) is 19.1 Å². The van der Waals surface area contributed by atoms with Gasteiger partial charge < -0.3 is 10.6 Å². The highest BCUT2D eigenvalue weighted by Crippen LogP contribution is 2.20. The fraction of sp³-hybridized carbons (Fsp3) is 0.333. The lowest BCUT2D eigenvalue weighted by Crippen LogP contribution is -2.26. The van der Waals surface area contributed by atoms with Crippen molar-refractivity contribution in [1.29, 1.82) is 0 Å². The van der Waals surface area contributed by atoms with Gasteiger partial charge in [0.25, 0.3) is 5.91 Å². The maximum atomic E-state index is 12.5. The van der Waals surface area contributed by atoms with E-state index in [4.69, 9.17) is 0 Å². The third-order valence-corrected chi connectivity index (χ3v) is 3.72. The lowest BCUT2D eigenvalue weighted by molar-refractivity contribution is 0.102. The molecule has 3 N–H and O–H groups in total. The monoisotopic (exact) mass is 270 g/mol. The Balaban J connectivity index is 1.88. The number of hydrogen-bond acceptors (Lipinski definition) is 3. The SMILES string of the molecule is CCc1cn[nH]c1NC(=O)c1cccc2c1CCNC2. The maximum Gasteiger partial charge on any atom is 0.257 e. The molecule has 1 aliphatic rings. The van der Waals surface area contributed by atoms with Crippen LogP contribution in [0.15, 0.2) is 24.4 Å². The number of hydrogen-bond donors (Lipinski definition) is 3. The van der Waals surface area contributed by atoms with E-state index >= 15 is 0 Å². The van der Waals surface area contributed by atoms with Crippen LogP contribution in [0.1, 0.15) is 34.0 Å². The molecule has 0 aliphatic carbocycles. The van der Waals surface area contributed by atoms with Crippen LogP contribution in [0.5, 0.6) is 0 Å². The second-order valence-corrected chi connectivity index (χ2v) is 4.95. The summed E-state index contributed by atoms with van der Waals surface area (Å²) >= 11 is 0. The van der Waals surface area contributed by atoms with E-state index < -0.39 is 0 Å². The van der Waals surface area contributed by atoms with Crippen molar-refractivity contribution in [3.05, 3.63) is 46.6 Å². The number of rotatable bonds is 3. The summed E-state index contributed by atoms with van der Waals surface area (Å²) in [4.78, 5) is 12.5. The molecule has 0 atom stereocenters.